The van der Waals surface area contributed by atoms with Crippen LogP contribution in [0.25, 0.3) is 0 Å². The van der Waals surface area contributed by atoms with E-state index in [2.05, 4.69) is 0 Å². The van der Waals surface area contributed by atoms with Crippen molar-refractivity contribution in [2.75, 3.05) is 5.75 Å². The first-order chi connectivity index (χ1) is 6.70. The minimum absolute atomic E-state index is 0.178. The molecule has 0 spiro atoms. The van der Waals surface area contributed by atoms with Crippen LogP contribution in [0.15, 0.2) is 0 Å². The van der Waals surface area contributed by atoms with Crippen molar-refractivity contribution in [1.82, 2.24) is 0 Å². The Morgan fingerprint density at radius 3 is 2.13 bits per heavy atom. The van der Waals surface area contributed by atoms with Crippen LogP contribution >= 0.6 is 0 Å². The van der Waals surface area contributed by atoms with Gasteiger partial charge in [0.1, 0.15) is 0 Å². The van der Waals surface area contributed by atoms with Gasteiger partial charge in [-0.2, -0.15) is 0 Å². The van der Waals surface area contributed by atoms with Crippen molar-refractivity contribution in [2.45, 2.75) is 64.2 Å². The van der Waals surface area contributed by atoms with Crippen LogP contribution in [0.4, 0.5) is 0 Å². The van der Waals surface area contributed by atoms with Gasteiger partial charge in [0.2, 0.25) is 0 Å². The van der Waals surface area contributed by atoms with Crippen LogP contribution < -0.4 is 0 Å². The van der Waals surface area contributed by atoms with Crippen molar-refractivity contribution in [1.29, 1.82) is 0 Å². The maximum atomic E-state index is 11.7. The Labute approximate surface area is 93.8 Å². The topological polar surface area (TPSA) is 54.4 Å². The summed E-state index contributed by atoms with van der Waals surface area (Å²) in [6.45, 7) is 7.15. The molecule has 0 aliphatic carbocycles. The Morgan fingerprint density at radius 1 is 1.20 bits per heavy atom. The smallest absolute Gasteiger partial charge is 0.155 e. The molecular formula is C11H24O3S. The number of sulfone groups is 1. The highest BCUT2D eigenvalue weighted by atomic mass is 32.2. The normalized spacial score (nSPS) is 15.3. The van der Waals surface area contributed by atoms with Crippen LogP contribution in [0, 0.1) is 0 Å². The van der Waals surface area contributed by atoms with Gasteiger partial charge in [-0.05, 0) is 40.0 Å². The summed E-state index contributed by atoms with van der Waals surface area (Å²) >= 11 is 0. The molecule has 0 fully saturated rings. The molecule has 92 valence electrons. The molecule has 0 aromatic heterocycles. The van der Waals surface area contributed by atoms with E-state index in [4.69, 9.17) is 0 Å². The van der Waals surface area contributed by atoms with E-state index < -0.39 is 14.6 Å². The lowest BCUT2D eigenvalue weighted by molar-refractivity contribution is 0.153. The number of hydrogen-bond acceptors (Lipinski definition) is 3. The van der Waals surface area contributed by atoms with Gasteiger partial charge in [-0.3, -0.25) is 0 Å². The van der Waals surface area contributed by atoms with Crippen molar-refractivity contribution in [3.05, 3.63) is 0 Å². The first-order valence-corrected chi connectivity index (χ1v) is 7.26. The highest BCUT2D eigenvalue weighted by Gasteiger charge is 2.28. The first-order valence-electron chi connectivity index (χ1n) is 5.61. The third-order valence-electron chi connectivity index (χ3n) is 2.51. The van der Waals surface area contributed by atoms with Gasteiger partial charge in [0.25, 0.3) is 0 Å². The predicted molar refractivity (Wildman–Crippen MR) is 63.7 cm³/mol. The van der Waals surface area contributed by atoms with E-state index in [-0.39, 0.29) is 11.9 Å². The second kappa shape index (κ2) is 5.85. The molecular weight excluding hydrogens is 212 g/mol. The fourth-order valence-electron chi connectivity index (χ4n) is 1.29. The Morgan fingerprint density at radius 2 is 1.73 bits per heavy atom. The van der Waals surface area contributed by atoms with Crippen LogP contribution in [-0.2, 0) is 9.84 Å². The molecule has 0 saturated carbocycles. The van der Waals surface area contributed by atoms with Gasteiger partial charge in [-0.15, -0.1) is 0 Å². The third-order valence-corrected chi connectivity index (χ3v) is 5.20. The van der Waals surface area contributed by atoms with Crippen LogP contribution in [0.5, 0.6) is 0 Å². The summed E-state index contributed by atoms with van der Waals surface area (Å²) in [5.41, 5.74) is 0. The second-order valence-electron chi connectivity index (χ2n) is 5.02. The van der Waals surface area contributed by atoms with E-state index in [1.165, 1.54) is 0 Å². The minimum atomic E-state index is -3.02. The molecule has 0 bridgehead atoms. The monoisotopic (exact) mass is 236 g/mol. The fraction of sp³-hybridized carbons (Fsp3) is 1.00. The summed E-state index contributed by atoms with van der Waals surface area (Å²) in [6.07, 6.45) is 2.50. The fourth-order valence-corrected chi connectivity index (χ4v) is 2.45. The average molecular weight is 236 g/mol. The molecule has 1 unspecified atom stereocenters. The lowest BCUT2D eigenvalue weighted by atomic mass is 10.1. The van der Waals surface area contributed by atoms with E-state index in [1.54, 1.807) is 20.8 Å². The van der Waals surface area contributed by atoms with E-state index in [1.807, 2.05) is 6.92 Å². The van der Waals surface area contributed by atoms with Crippen LogP contribution in [0.3, 0.4) is 0 Å². The lowest BCUT2D eigenvalue weighted by Gasteiger charge is -2.19. The van der Waals surface area contributed by atoms with Crippen molar-refractivity contribution < 1.29 is 13.5 Å². The molecule has 1 N–H and O–H groups in total. The van der Waals surface area contributed by atoms with Gasteiger partial charge in [-0.25, -0.2) is 8.42 Å². The van der Waals surface area contributed by atoms with E-state index in [0.29, 0.717) is 12.8 Å². The van der Waals surface area contributed by atoms with E-state index in [0.717, 1.165) is 12.8 Å². The molecule has 0 radical (unpaired) electrons. The molecule has 0 amide bonds. The lowest BCUT2D eigenvalue weighted by Crippen LogP contribution is -2.30. The molecule has 0 saturated heterocycles. The number of rotatable bonds is 6. The Balaban J connectivity index is 3.97. The van der Waals surface area contributed by atoms with E-state index >= 15 is 0 Å². The maximum Gasteiger partial charge on any atom is 0.155 e. The Kier molecular flexibility index (Phi) is 5.81. The van der Waals surface area contributed by atoms with Gasteiger partial charge in [-0.1, -0.05) is 13.3 Å². The molecule has 15 heavy (non-hydrogen) atoms. The van der Waals surface area contributed by atoms with Gasteiger partial charge >= 0.3 is 0 Å². The zero-order valence-electron chi connectivity index (χ0n) is 10.3. The van der Waals surface area contributed by atoms with E-state index in [9.17, 15) is 13.5 Å². The maximum absolute atomic E-state index is 11.7. The third kappa shape index (κ3) is 5.52. The average Bonchev–Trinajstić information content (AvgIpc) is 2.01. The molecule has 0 heterocycles. The highest BCUT2D eigenvalue weighted by molar-refractivity contribution is 7.92. The number of hydrogen-bond donors (Lipinski definition) is 1. The first kappa shape index (κ1) is 14.9. The second-order valence-corrected chi connectivity index (χ2v) is 7.88. The molecule has 1 atom stereocenters. The molecule has 0 rings (SSSR count). The predicted octanol–water partition coefficient (Wildman–Crippen LogP) is 2.14. The van der Waals surface area contributed by atoms with Gasteiger partial charge < -0.3 is 5.11 Å². The summed E-state index contributed by atoms with van der Waals surface area (Å²) in [4.78, 5) is 0. The van der Waals surface area contributed by atoms with Gasteiger partial charge in [0.15, 0.2) is 9.84 Å². The summed E-state index contributed by atoms with van der Waals surface area (Å²) < 4.78 is 22.7. The zero-order chi connectivity index (χ0) is 12.1. The summed E-state index contributed by atoms with van der Waals surface area (Å²) in [6, 6.07) is 0. The van der Waals surface area contributed by atoms with Crippen LogP contribution in [0.1, 0.15) is 53.4 Å². The van der Waals surface area contributed by atoms with Gasteiger partial charge in [0, 0.05) is 0 Å². The molecule has 0 aromatic rings. The molecule has 4 heteroatoms. The summed E-state index contributed by atoms with van der Waals surface area (Å²) in [5, 5.41) is 9.45. The molecule has 0 aromatic carbocycles. The molecule has 0 aliphatic rings. The van der Waals surface area contributed by atoms with Crippen molar-refractivity contribution in [3.8, 4) is 0 Å². The molecule has 0 aliphatic heterocycles. The molecule has 3 nitrogen and oxygen atoms in total. The Hall–Kier alpha value is -0.0900. The van der Waals surface area contributed by atoms with Crippen molar-refractivity contribution in [3.63, 3.8) is 0 Å². The van der Waals surface area contributed by atoms with Gasteiger partial charge in [0.05, 0.1) is 16.6 Å². The van der Waals surface area contributed by atoms with Crippen molar-refractivity contribution in [2.24, 2.45) is 0 Å². The number of aliphatic hydroxyl groups is 1. The Bertz CT molecular complexity index is 262. The largest absolute Gasteiger partial charge is 0.393 e. The highest BCUT2D eigenvalue weighted by Crippen LogP contribution is 2.18. The minimum Gasteiger partial charge on any atom is -0.393 e. The zero-order valence-corrected chi connectivity index (χ0v) is 11.1. The summed E-state index contributed by atoms with van der Waals surface area (Å²) in [5.74, 6) is 0.178. The van der Waals surface area contributed by atoms with Crippen LogP contribution in [0.2, 0.25) is 0 Å². The summed E-state index contributed by atoms with van der Waals surface area (Å²) in [7, 11) is -3.02. The quantitative estimate of drug-likeness (QED) is 0.768. The SMILES string of the molecule is CCCC(O)CCCS(=O)(=O)C(C)(C)C. The van der Waals surface area contributed by atoms with Crippen LogP contribution in [-0.4, -0.2) is 30.1 Å². The standard InChI is InChI=1S/C11H24O3S/c1-5-7-10(12)8-6-9-15(13,14)11(2,3)4/h10,12H,5-9H2,1-4H3. The number of aliphatic hydroxyl groups excluding tert-OH is 1. The van der Waals surface area contributed by atoms with Crippen molar-refractivity contribution >= 4 is 9.84 Å².